The fourth-order valence-corrected chi connectivity index (χ4v) is 7.98. The van der Waals surface area contributed by atoms with Gasteiger partial charge in [0.05, 0.1) is 21.1 Å². The summed E-state index contributed by atoms with van der Waals surface area (Å²) in [6, 6.07) is 23.8. The van der Waals surface area contributed by atoms with E-state index >= 15 is 0 Å². The predicted molar refractivity (Wildman–Crippen MR) is 166 cm³/mol. The van der Waals surface area contributed by atoms with Crippen molar-refractivity contribution in [2.75, 3.05) is 0 Å². The van der Waals surface area contributed by atoms with Crippen LogP contribution >= 0.6 is 11.3 Å². The number of para-hydroxylation sites is 1. The lowest BCUT2D eigenvalue weighted by Crippen LogP contribution is -2.27. The highest BCUT2D eigenvalue weighted by atomic mass is 32.1. The Balaban J connectivity index is 1.31. The summed E-state index contributed by atoms with van der Waals surface area (Å²) in [6.45, 7) is 6.76. The van der Waals surface area contributed by atoms with Crippen LogP contribution in [0.15, 0.2) is 93.3 Å². The highest BCUT2D eigenvalue weighted by Gasteiger charge is 2.41. The van der Waals surface area contributed by atoms with Crippen LogP contribution in [-0.4, -0.2) is 14.1 Å². The molecule has 0 spiro atoms. The predicted octanol–water partition coefficient (Wildman–Crippen LogP) is 9.53. The topological polar surface area (TPSA) is 49.0 Å². The summed E-state index contributed by atoms with van der Waals surface area (Å²) in [4.78, 5) is 5.32. The van der Waals surface area contributed by atoms with Gasteiger partial charge in [-0.2, -0.15) is 0 Å². The average molecular weight is 554 g/mol. The first-order chi connectivity index (χ1) is 19.9. The molecule has 200 valence electrons. The maximum absolute atomic E-state index is 6.59. The van der Waals surface area contributed by atoms with E-state index in [1.54, 1.807) is 11.3 Å². The maximum atomic E-state index is 6.59. The number of rotatable bonds is 2. The molecule has 0 fully saturated rings. The van der Waals surface area contributed by atoms with Crippen molar-refractivity contribution in [1.29, 1.82) is 0 Å². The summed E-state index contributed by atoms with van der Waals surface area (Å²) in [5, 5.41) is 5.53. The number of hydrogen-bond donors (Lipinski definition) is 0. The monoisotopic (exact) mass is 553 g/mol. The lowest BCUT2D eigenvalue weighted by Gasteiger charge is -2.34. The van der Waals surface area contributed by atoms with Gasteiger partial charge in [0, 0.05) is 69.7 Å². The van der Waals surface area contributed by atoms with Gasteiger partial charge >= 0.3 is 0 Å². The normalized spacial score (nSPS) is 16.2. The summed E-state index contributed by atoms with van der Waals surface area (Å²) in [5.41, 5.74) is 8.94. The molecule has 5 nitrogen and oxygen atoms in total. The van der Waals surface area contributed by atoms with Crippen LogP contribution in [0.2, 0.25) is 0 Å². The highest BCUT2D eigenvalue weighted by molar-refractivity contribution is 7.17. The van der Waals surface area contributed by atoms with Gasteiger partial charge in [0.25, 0.3) is 5.78 Å². The number of nitrogens with zero attached hydrogens (tertiary/aromatic N) is 3. The van der Waals surface area contributed by atoms with E-state index in [2.05, 4.69) is 114 Å². The van der Waals surface area contributed by atoms with Gasteiger partial charge in [0.15, 0.2) is 0 Å². The van der Waals surface area contributed by atoms with E-state index in [1.165, 1.54) is 27.0 Å². The molecule has 0 saturated carbocycles. The molecule has 0 bridgehead atoms. The number of benzene rings is 2. The van der Waals surface area contributed by atoms with E-state index in [0.717, 1.165) is 50.0 Å². The molecule has 0 saturated heterocycles. The molecule has 8 aromatic rings. The second kappa shape index (κ2) is 7.80. The highest BCUT2D eigenvalue weighted by Crippen LogP contribution is 2.51. The number of hydrogen-bond acceptors (Lipinski definition) is 4. The molecule has 6 heteroatoms. The van der Waals surface area contributed by atoms with Gasteiger partial charge in [0.1, 0.15) is 11.4 Å². The maximum Gasteiger partial charge on any atom is 0.299 e. The van der Waals surface area contributed by atoms with Gasteiger partial charge < -0.3 is 13.4 Å². The smallest absolute Gasteiger partial charge is 0.299 e. The zero-order chi connectivity index (χ0) is 27.6. The van der Waals surface area contributed by atoms with Crippen molar-refractivity contribution in [1.82, 2.24) is 14.1 Å². The molecule has 0 radical (unpaired) electrons. The van der Waals surface area contributed by atoms with Crippen molar-refractivity contribution in [3.05, 3.63) is 107 Å². The molecule has 9 rings (SSSR count). The second-order valence-electron chi connectivity index (χ2n) is 11.8. The number of furan rings is 2. The molecule has 1 unspecified atom stereocenters. The van der Waals surface area contributed by atoms with Crippen LogP contribution in [0.3, 0.4) is 0 Å². The lowest BCUT2D eigenvalue weighted by molar-refractivity contribution is 0.389. The van der Waals surface area contributed by atoms with Crippen molar-refractivity contribution < 1.29 is 8.83 Å². The molecule has 6 aromatic heterocycles. The molecule has 0 amide bonds. The van der Waals surface area contributed by atoms with Gasteiger partial charge in [-0.3, -0.25) is 4.57 Å². The fourth-order valence-electron chi connectivity index (χ4n) is 7.04. The van der Waals surface area contributed by atoms with Crippen LogP contribution in [0.25, 0.3) is 60.3 Å². The van der Waals surface area contributed by atoms with Crippen LogP contribution in [0.5, 0.6) is 0 Å². The molecule has 0 aliphatic heterocycles. The fraction of sp³-hybridized carbons (Fsp3) is 0.171. The quantitative estimate of drug-likeness (QED) is 0.214. The number of aromatic nitrogens is 3. The Kier molecular flexibility index (Phi) is 4.41. The number of aryl methyl sites for hydroxylation is 1. The molecule has 1 aliphatic rings. The largest absolute Gasteiger partial charge is 0.429 e. The minimum absolute atomic E-state index is 0.205. The Morgan fingerprint density at radius 2 is 1.76 bits per heavy atom. The average Bonchev–Trinajstić information content (AvgIpc) is 3.78. The van der Waals surface area contributed by atoms with E-state index in [0.29, 0.717) is 5.78 Å². The standard InChI is InChI=1S/C35H27N3O2S/c1-19-21-9-5-7-11-26(21)35(2,3)32-30(19)24-16-29(39-34(24)40-32)38-27-12-8-6-10-22(27)23-15-28-31(36-33(23)38)25(18-41-28)20-13-14-37(4)17-20/h5-19H,1-4H3. The van der Waals surface area contributed by atoms with Crippen LogP contribution in [0.1, 0.15) is 49.1 Å². The SMILES string of the molecule is CC1c2ccccc2C(C)(C)c2oc3oc(-n4c5ccccc5c5cc6scc(-c7ccn(C)c7)c6nc54)cc3c21. The molecular formula is C35H27N3O2S. The third-order valence-corrected chi connectivity index (χ3v) is 9.97. The van der Waals surface area contributed by atoms with Crippen molar-refractivity contribution >= 4 is 54.7 Å². The third-order valence-electron chi connectivity index (χ3n) is 9.05. The molecule has 2 aromatic carbocycles. The molecule has 41 heavy (non-hydrogen) atoms. The second-order valence-corrected chi connectivity index (χ2v) is 12.7. The Morgan fingerprint density at radius 3 is 2.61 bits per heavy atom. The van der Waals surface area contributed by atoms with Crippen molar-refractivity contribution in [3.63, 3.8) is 0 Å². The first-order valence-electron chi connectivity index (χ1n) is 14.0. The molecule has 1 atom stereocenters. The minimum Gasteiger partial charge on any atom is -0.429 e. The summed E-state index contributed by atoms with van der Waals surface area (Å²) in [7, 11) is 2.05. The van der Waals surface area contributed by atoms with E-state index in [9.17, 15) is 0 Å². The Bertz CT molecular complexity index is 2340. The molecule has 6 heterocycles. The third kappa shape index (κ3) is 2.98. The number of thiophene rings is 1. The zero-order valence-corrected chi connectivity index (χ0v) is 24.0. The Hall–Kier alpha value is -4.55. The minimum atomic E-state index is -0.243. The summed E-state index contributed by atoms with van der Waals surface area (Å²) < 4.78 is 18.6. The number of fused-ring (bicyclic) bond motifs is 8. The lowest BCUT2D eigenvalue weighted by atomic mass is 9.69. The molecule has 0 N–H and O–H groups in total. The number of pyridine rings is 1. The first kappa shape index (κ1) is 23.2. The van der Waals surface area contributed by atoms with Gasteiger partial charge in [-0.25, -0.2) is 4.98 Å². The van der Waals surface area contributed by atoms with Gasteiger partial charge in [-0.15, -0.1) is 11.3 Å². The van der Waals surface area contributed by atoms with E-state index in [4.69, 9.17) is 13.8 Å². The van der Waals surface area contributed by atoms with Crippen molar-refractivity contribution in [2.45, 2.75) is 32.1 Å². The first-order valence-corrected chi connectivity index (χ1v) is 14.9. The van der Waals surface area contributed by atoms with E-state index in [-0.39, 0.29) is 11.3 Å². The summed E-state index contributed by atoms with van der Waals surface area (Å²) >= 11 is 1.74. The Labute approximate surface area is 240 Å². The van der Waals surface area contributed by atoms with Gasteiger partial charge in [0.2, 0.25) is 5.88 Å². The van der Waals surface area contributed by atoms with Crippen molar-refractivity contribution in [3.8, 4) is 17.0 Å². The zero-order valence-electron chi connectivity index (χ0n) is 23.2. The van der Waals surface area contributed by atoms with Gasteiger partial charge in [-0.1, -0.05) is 49.4 Å². The summed E-state index contributed by atoms with van der Waals surface area (Å²) in [5.74, 6) is 2.50. The van der Waals surface area contributed by atoms with Crippen LogP contribution in [0.4, 0.5) is 0 Å². The van der Waals surface area contributed by atoms with Crippen LogP contribution in [0, 0.1) is 0 Å². The van der Waals surface area contributed by atoms with Gasteiger partial charge in [-0.05, 0) is 43.2 Å². The van der Waals surface area contributed by atoms with Crippen LogP contribution in [-0.2, 0) is 12.5 Å². The van der Waals surface area contributed by atoms with E-state index in [1.807, 2.05) is 7.05 Å². The molecule has 1 aliphatic carbocycles. The molecular weight excluding hydrogens is 526 g/mol. The van der Waals surface area contributed by atoms with Crippen LogP contribution < -0.4 is 0 Å². The summed E-state index contributed by atoms with van der Waals surface area (Å²) in [6.07, 6.45) is 4.22. The van der Waals surface area contributed by atoms with E-state index < -0.39 is 0 Å². The Morgan fingerprint density at radius 1 is 0.927 bits per heavy atom. The van der Waals surface area contributed by atoms with Crippen molar-refractivity contribution in [2.24, 2.45) is 7.05 Å².